The smallest absolute Gasteiger partial charge is 0.0920 e. The third kappa shape index (κ3) is 12.6. The molecule has 116 valence electrons. The Balaban J connectivity index is 3.58. The van der Waals surface area contributed by atoms with Crippen molar-refractivity contribution in [3.05, 3.63) is 0 Å². The fourth-order valence-corrected chi connectivity index (χ4v) is 1.68. The van der Waals surface area contributed by atoms with Gasteiger partial charge in [0.2, 0.25) is 0 Å². The molecule has 0 aliphatic carbocycles. The summed E-state index contributed by atoms with van der Waals surface area (Å²) < 4.78 is 5.58. The maximum atomic E-state index is 9.74. The van der Waals surface area contributed by atoms with Crippen molar-refractivity contribution >= 4 is 0 Å². The predicted molar refractivity (Wildman–Crippen MR) is 79.0 cm³/mol. The van der Waals surface area contributed by atoms with Gasteiger partial charge in [0, 0.05) is 13.2 Å². The van der Waals surface area contributed by atoms with Gasteiger partial charge in [-0.25, -0.2) is 0 Å². The molecule has 0 fully saturated rings. The van der Waals surface area contributed by atoms with Gasteiger partial charge in [0.1, 0.15) is 0 Å². The fraction of sp³-hybridized carbons (Fsp3) is 1.00. The third-order valence-corrected chi connectivity index (χ3v) is 2.90. The Morgan fingerprint density at radius 3 is 2.37 bits per heavy atom. The Morgan fingerprint density at radius 1 is 1.16 bits per heavy atom. The fourth-order valence-electron chi connectivity index (χ4n) is 1.68. The van der Waals surface area contributed by atoms with E-state index in [9.17, 15) is 5.11 Å². The van der Waals surface area contributed by atoms with E-state index >= 15 is 0 Å². The summed E-state index contributed by atoms with van der Waals surface area (Å²) in [5.74, 6) is 0.617. The van der Waals surface area contributed by atoms with Crippen LogP contribution in [0.3, 0.4) is 0 Å². The molecule has 0 aromatic carbocycles. The van der Waals surface area contributed by atoms with Gasteiger partial charge in [-0.2, -0.15) is 5.48 Å². The highest BCUT2D eigenvalue weighted by Crippen LogP contribution is 2.12. The first-order valence-corrected chi connectivity index (χ1v) is 7.55. The Labute approximate surface area is 118 Å². The van der Waals surface area contributed by atoms with Crippen molar-refractivity contribution in [2.24, 2.45) is 5.92 Å². The number of rotatable bonds is 11. The van der Waals surface area contributed by atoms with Crippen LogP contribution < -0.4 is 5.48 Å². The summed E-state index contributed by atoms with van der Waals surface area (Å²) in [5, 5.41) is 9.74. The molecule has 2 atom stereocenters. The average molecular weight is 275 g/mol. The van der Waals surface area contributed by atoms with Crippen LogP contribution in [0.15, 0.2) is 0 Å². The molecule has 2 N–H and O–H groups in total. The van der Waals surface area contributed by atoms with Crippen LogP contribution in [0.5, 0.6) is 0 Å². The summed E-state index contributed by atoms with van der Waals surface area (Å²) in [5.41, 5.74) is 2.54. The van der Waals surface area contributed by atoms with Crippen LogP contribution >= 0.6 is 0 Å². The Bertz CT molecular complexity index is 204. The van der Waals surface area contributed by atoms with Crippen molar-refractivity contribution in [2.45, 2.75) is 72.0 Å². The van der Waals surface area contributed by atoms with Gasteiger partial charge in [0.15, 0.2) is 0 Å². The van der Waals surface area contributed by atoms with Crippen LogP contribution in [0.25, 0.3) is 0 Å². The van der Waals surface area contributed by atoms with Crippen LogP contribution in [0.4, 0.5) is 0 Å². The molecule has 4 heteroatoms. The van der Waals surface area contributed by atoms with Crippen molar-refractivity contribution in [3.63, 3.8) is 0 Å². The zero-order valence-corrected chi connectivity index (χ0v) is 13.4. The standard InChI is InChI=1S/C15H33NO3/c1-6-8-9-13(7-2)11-18-12-14(17)10-16-19-15(3,4)5/h13-14,16-17H,6-12H2,1-5H3. The summed E-state index contributed by atoms with van der Waals surface area (Å²) in [7, 11) is 0. The molecule has 0 saturated carbocycles. The van der Waals surface area contributed by atoms with E-state index < -0.39 is 6.10 Å². The van der Waals surface area contributed by atoms with E-state index in [1.54, 1.807) is 0 Å². The highest BCUT2D eigenvalue weighted by molar-refractivity contribution is 4.60. The van der Waals surface area contributed by atoms with Crippen LogP contribution in [-0.2, 0) is 9.57 Å². The number of aliphatic hydroxyl groups excluding tert-OH is 1. The topological polar surface area (TPSA) is 50.7 Å². The van der Waals surface area contributed by atoms with Crippen molar-refractivity contribution in [1.29, 1.82) is 0 Å². The average Bonchev–Trinajstić information content (AvgIpc) is 2.31. The Kier molecular flexibility index (Phi) is 10.5. The summed E-state index contributed by atoms with van der Waals surface area (Å²) in [6, 6.07) is 0. The van der Waals surface area contributed by atoms with Gasteiger partial charge in [-0.1, -0.05) is 33.1 Å². The molecule has 0 radical (unpaired) electrons. The van der Waals surface area contributed by atoms with Gasteiger partial charge >= 0.3 is 0 Å². The number of hydrogen-bond acceptors (Lipinski definition) is 4. The lowest BCUT2D eigenvalue weighted by Crippen LogP contribution is -2.36. The molecule has 0 bridgehead atoms. The van der Waals surface area contributed by atoms with E-state index in [2.05, 4.69) is 19.3 Å². The molecular weight excluding hydrogens is 242 g/mol. The summed E-state index contributed by atoms with van der Waals surface area (Å²) >= 11 is 0. The molecule has 19 heavy (non-hydrogen) atoms. The van der Waals surface area contributed by atoms with Gasteiger partial charge < -0.3 is 9.84 Å². The molecule has 0 aliphatic heterocycles. The van der Waals surface area contributed by atoms with Gasteiger partial charge in [0.25, 0.3) is 0 Å². The van der Waals surface area contributed by atoms with E-state index in [-0.39, 0.29) is 5.60 Å². The summed E-state index contributed by atoms with van der Waals surface area (Å²) in [6.07, 6.45) is 4.32. The zero-order valence-electron chi connectivity index (χ0n) is 13.4. The number of unbranched alkanes of at least 4 members (excludes halogenated alkanes) is 1. The maximum absolute atomic E-state index is 9.74. The molecule has 0 spiro atoms. The number of hydroxylamine groups is 1. The molecule has 0 rings (SSSR count). The highest BCUT2D eigenvalue weighted by Gasteiger charge is 2.12. The van der Waals surface area contributed by atoms with Crippen LogP contribution in [0.1, 0.15) is 60.3 Å². The molecule has 0 aliphatic rings. The monoisotopic (exact) mass is 275 g/mol. The second-order valence-corrected chi connectivity index (χ2v) is 6.17. The van der Waals surface area contributed by atoms with Crippen molar-refractivity contribution < 1.29 is 14.7 Å². The Morgan fingerprint density at radius 2 is 1.84 bits per heavy atom. The van der Waals surface area contributed by atoms with Gasteiger partial charge in [-0.3, -0.25) is 4.84 Å². The second-order valence-electron chi connectivity index (χ2n) is 6.17. The second kappa shape index (κ2) is 10.6. The zero-order chi connectivity index (χ0) is 14.7. The van der Waals surface area contributed by atoms with Crippen LogP contribution in [0, 0.1) is 5.92 Å². The maximum Gasteiger partial charge on any atom is 0.0920 e. The van der Waals surface area contributed by atoms with Gasteiger partial charge in [0.05, 0.1) is 18.3 Å². The quantitative estimate of drug-likeness (QED) is 0.569. The Hall–Kier alpha value is -0.160. The highest BCUT2D eigenvalue weighted by atomic mass is 16.7. The lowest BCUT2D eigenvalue weighted by molar-refractivity contribution is -0.0902. The lowest BCUT2D eigenvalue weighted by Gasteiger charge is -2.21. The SMILES string of the molecule is CCCCC(CC)COCC(O)CNOC(C)(C)C. The number of hydrogen-bond donors (Lipinski definition) is 2. The molecule has 2 unspecified atom stereocenters. The number of aliphatic hydroxyl groups is 1. The predicted octanol–water partition coefficient (Wildman–Crippen LogP) is 2.90. The summed E-state index contributed by atoms with van der Waals surface area (Å²) in [6.45, 7) is 11.8. The first kappa shape index (κ1) is 18.8. The van der Waals surface area contributed by atoms with E-state index in [1.165, 1.54) is 19.3 Å². The van der Waals surface area contributed by atoms with E-state index in [1.807, 2.05) is 20.8 Å². The minimum Gasteiger partial charge on any atom is -0.389 e. The van der Waals surface area contributed by atoms with Crippen molar-refractivity contribution in [1.82, 2.24) is 5.48 Å². The molecule has 4 nitrogen and oxygen atoms in total. The molecule has 0 amide bonds. The molecule has 0 aromatic heterocycles. The van der Waals surface area contributed by atoms with E-state index in [4.69, 9.17) is 9.57 Å². The van der Waals surface area contributed by atoms with Crippen molar-refractivity contribution in [2.75, 3.05) is 19.8 Å². The molecular formula is C15H33NO3. The van der Waals surface area contributed by atoms with E-state index in [0.717, 1.165) is 13.0 Å². The number of ether oxygens (including phenoxy) is 1. The molecule has 0 heterocycles. The first-order valence-electron chi connectivity index (χ1n) is 7.55. The minimum absolute atomic E-state index is 0.242. The minimum atomic E-state index is -0.522. The lowest BCUT2D eigenvalue weighted by atomic mass is 10.0. The molecule has 0 saturated heterocycles. The summed E-state index contributed by atoms with van der Waals surface area (Å²) in [4.78, 5) is 5.34. The normalized spacial score (nSPS) is 15.5. The van der Waals surface area contributed by atoms with Gasteiger partial charge in [-0.15, -0.1) is 0 Å². The van der Waals surface area contributed by atoms with E-state index in [0.29, 0.717) is 19.1 Å². The first-order chi connectivity index (χ1) is 8.89. The van der Waals surface area contributed by atoms with Crippen LogP contribution in [-0.4, -0.2) is 36.6 Å². The van der Waals surface area contributed by atoms with Crippen LogP contribution in [0.2, 0.25) is 0 Å². The number of nitrogens with one attached hydrogen (secondary N) is 1. The van der Waals surface area contributed by atoms with Crippen molar-refractivity contribution in [3.8, 4) is 0 Å². The van der Waals surface area contributed by atoms with Gasteiger partial charge in [-0.05, 0) is 33.1 Å². The third-order valence-electron chi connectivity index (χ3n) is 2.90. The largest absolute Gasteiger partial charge is 0.389 e. The molecule has 0 aromatic rings.